The number of esters is 1. The third kappa shape index (κ3) is 5.31. The molecule has 3 rings (SSSR count). The van der Waals surface area contributed by atoms with E-state index in [2.05, 4.69) is 10.3 Å². The summed E-state index contributed by atoms with van der Waals surface area (Å²) in [4.78, 5) is 45.1. The number of ether oxygens (including phenoxy) is 1. The lowest BCUT2D eigenvalue weighted by Crippen LogP contribution is -2.44. The summed E-state index contributed by atoms with van der Waals surface area (Å²) in [6.07, 6.45) is 6.74. The molecule has 1 aliphatic rings. The van der Waals surface area contributed by atoms with Crippen molar-refractivity contribution in [1.29, 1.82) is 0 Å². The predicted molar refractivity (Wildman–Crippen MR) is 121 cm³/mol. The maximum Gasteiger partial charge on any atom is 0.341 e. The first-order valence-electron chi connectivity index (χ1n) is 10.6. The van der Waals surface area contributed by atoms with Gasteiger partial charge in [0.25, 0.3) is 11.8 Å². The summed E-state index contributed by atoms with van der Waals surface area (Å²) in [5, 5.41) is 3.33. The number of carbonyl (C=O) groups is 3. The Hall–Kier alpha value is -2.74. The summed E-state index contributed by atoms with van der Waals surface area (Å²) in [6, 6.07) is 3.37. The molecular formula is C23H29N3O4S. The second-order valence-corrected chi connectivity index (χ2v) is 9.28. The van der Waals surface area contributed by atoms with Gasteiger partial charge in [-0.05, 0) is 71.1 Å². The zero-order valence-corrected chi connectivity index (χ0v) is 19.3. The first-order chi connectivity index (χ1) is 14.8. The Labute approximate surface area is 186 Å². The molecule has 2 aromatic heterocycles. The maximum atomic E-state index is 13.0. The van der Waals surface area contributed by atoms with Crippen molar-refractivity contribution in [3.05, 3.63) is 46.1 Å². The molecule has 2 heterocycles. The van der Waals surface area contributed by atoms with E-state index < -0.39 is 5.97 Å². The van der Waals surface area contributed by atoms with Crippen molar-refractivity contribution in [3.63, 3.8) is 0 Å². The minimum absolute atomic E-state index is 0.00874. The van der Waals surface area contributed by atoms with Crippen LogP contribution in [0.4, 0.5) is 5.00 Å². The lowest BCUT2D eigenvalue weighted by Gasteiger charge is -2.30. The first kappa shape index (κ1) is 22.9. The fourth-order valence-corrected chi connectivity index (χ4v) is 5.26. The highest BCUT2D eigenvalue weighted by Gasteiger charge is 2.29. The lowest BCUT2D eigenvalue weighted by atomic mass is 9.95. The monoisotopic (exact) mass is 443 g/mol. The van der Waals surface area contributed by atoms with Crippen molar-refractivity contribution in [2.45, 2.75) is 65.5 Å². The molecule has 2 aromatic rings. The molecule has 2 amide bonds. The number of nitrogens with one attached hydrogen (secondary N) is 1. The smallest absolute Gasteiger partial charge is 0.341 e. The summed E-state index contributed by atoms with van der Waals surface area (Å²) in [7, 11) is 0. The van der Waals surface area contributed by atoms with E-state index in [0.717, 1.165) is 36.1 Å². The van der Waals surface area contributed by atoms with Gasteiger partial charge in [-0.25, -0.2) is 4.79 Å². The SMILES string of the molecule is CC(C)N(C(=O)COC(=O)c1c(NC(=O)c2cccnc2)sc2c1CCCC2)C(C)C. The van der Waals surface area contributed by atoms with Gasteiger partial charge in [-0.1, -0.05) is 0 Å². The topological polar surface area (TPSA) is 88.6 Å². The van der Waals surface area contributed by atoms with E-state index in [-0.39, 0.29) is 30.5 Å². The van der Waals surface area contributed by atoms with Crippen molar-refractivity contribution in [2.75, 3.05) is 11.9 Å². The average Bonchev–Trinajstić information content (AvgIpc) is 3.10. The quantitative estimate of drug-likeness (QED) is 0.652. The molecule has 7 nitrogen and oxygen atoms in total. The van der Waals surface area contributed by atoms with Crippen LogP contribution < -0.4 is 5.32 Å². The van der Waals surface area contributed by atoms with E-state index in [1.165, 1.54) is 17.5 Å². The van der Waals surface area contributed by atoms with Crippen LogP contribution in [0.2, 0.25) is 0 Å². The van der Waals surface area contributed by atoms with Gasteiger partial charge in [0.15, 0.2) is 6.61 Å². The molecule has 0 aromatic carbocycles. The minimum atomic E-state index is -0.568. The largest absolute Gasteiger partial charge is 0.452 e. The maximum absolute atomic E-state index is 13.0. The number of hydrogen-bond acceptors (Lipinski definition) is 6. The number of anilines is 1. The van der Waals surface area contributed by atoms with Gasteiger partial charge in [0, 0.05) is 29.4 Å². The molecule has 0 fully saturated rings. The lowest BCUT2D eigenvalue weighted by molar-refractivity contribution is -0.138. The molecule has 0 saturated heterocycles. The fourth-order valence-electron chi connectivity index (χ4n) is 3.99. The van der Waals surface area contributed by atoms with E-state index >= 15 is 0 Å². The van der Waals surface area contributed by atoms with Crippen molar-refractivity contribution >= 4 is 34.1 Å². The highest BCUT2D eigenvalue weighted by atomic mass is 32.1. The summed E-state index contributed by atoms with van der Waals surface area (Å²) in [5.74, 6) is -1.13. The Morgan fingerprint density at radius 3 is 2.52 bits per heavy atom. The third-order valence-electron chi connectivity index (χ3n) is 5.25. The van der Waals surface area contributed by atoms with Gasteiger partial charge in [-0.2, -0.15) is 0 Å². The van der Waals surface area contributed by atoms with E-state index in [1.807, 2.05) is 27.7 Å². The summed E-state index contributed by atoms with van der Waals surface area (Å²) < 4.78 is 5.44. The van der Waals surface area contributed by atoms with Crippen LogP contribution in [0.5, 0.6) is 0 Å². The Balaban J connectivity index is 1.80. The molecule has 0 aliphatic heterocycles. The molecular weight excluding hydrogens is 414 g/mol. The molecule has 1 aliphatic carbocycles. The molecule has 0 bridgehead atoms. The van der Waals surface area contributed by atoms with Crippen LogP contribution in [0.25, 0.3) is 0 Å². The van der Waals surface area contributed by atoms with Crippen LogP contribution in [0.3, 0.4) is 0 Å². The van der Waals surface area contributed by atoms with Crippen molar-refractivity contribution in [2.24, 2.45) is 0 Å². The Bertz CT molecular complexity index is 945. The molecule has 0 saturated carbocycles. The van der Waals surface area contributed by atoms with Crippen LogP contribution in [0.15, 0.2) is 24.5 Å². The molecule has 31 heavy (non-hydrogen) atoms. The van der Waals surface area contributed by atoms with Crippen LogP contribution in [-0.2, 0) is 22.4 Å². The van der Waals surface area contributed by atoms with Gasteiger partial charge in [-0.3, -0.25) is 14.6 Å². The van der Waals surface area contributed by atoms with Gasteiger partial charge in [-0.15, -0.1) is 11.3 Å². The standard InChI is InChI=1S/C23H29N3O4S/c1-14(2)26(15(3)4)19(27)13-30-23(29)20-17-9-5-6-10-18(17)31-22(20)25-21(28)16-8-7-11-24-12-16/h7-8,11-12,14-15H,5-6,9-10,13H2,1-4H3,(H,25,28). The Morgan fingerprint density at radius 1 is 1.16 bits per heavy atom. The van der Waals surface area contributed by atoms with E-state index in [9.17, 15) is 14.4 Å². The molecule has 166 valence electrons. The molecule has 0 atom stereocenters. The average molecular weight is 444 g/mol. The Morgan fingerprint density at radius 2 is 1.87 bits per heavy atom. The second-order valence-electron chi connectivity index (χ2n) is 8.18. The summed E-state index contributed by atoms with van der Waals surface area (Å²) >= 11 is 1.42. The molecule has 1 N–H and O–H groups in total. The molecule has 0 radical (unpaired) electrons. The van der Waals surface area contributed by atoms with Gasteiger partial charge in [0.2, 0.25) is 0 Å². The van der Waals surface area contributed by atoms with Crippen molar-refractivity contribution in [1.82, 2.24) is 9.88 Å². The van der Waals surface area contributed by atoms with Crippen molar-refractivity contribution in [3.8, 4) is 0 Å². The third-order valence-corrected chi connectivity index (χ3v) is 6.46. The highest BCUT2D eigenvalue weighted by Crippen LogP contribution is 2.38. The Kier molecular flexibility index (Phi) is 7.43. The number of amides is 2. The fraction of sp³-hybridized carbons (Fsp3) is 0.478. The summed E-state index contributed by atoms with van der Waals surface area (Å²) in [5.41, 5.74) is 1.72. The number of rotatable bonds is 7. The first-order valence-corrected chi connectivity index (χ1v) is 11.5. The normalized spacial score (nSPS) is 13.1. The highest BCUT2D eigenvalue weighted by molar-refractivity contribution is 7.17. The van der Waals surface area contributed by atoms with Crippen LogP contribution >= 0.6 is 11.3 Å². The number of nitrogens with zero attached hydrogens (tertiary/aromatic N) is 2. The minimum Gasteiger partial charge on any atom is -0.452 e. The second kappa shape index (κ2) is 10.0. The van der Waals surface area contributed by atoms with E-state index in [0.29, 0.717) is 16.1 Å². The van der Waals surface area contributed by atoms with Gasteiger partial charge < -0.3 is 15.0 Å². The number of aromatic nitrogens is 1. The van der Waals surface area contributed by atoms with E-state index in [4.69, 9.17) is 4.74 Å². The summed E-state index contributed by atoms with van der Waals surface area (Å²) in [6.45, 7) is 7.40. The zero-order chi connectivity index (χ0) is 22.5. The molecule has 0 unspecified atom stereocenters. The van der Waals surface area contributed by atoms with Gasteiger partial charge in [0.05, 0.1) is 11.1 Å². The number of hydrogen-bond donors (Lipinski definition) is 1. The predicted octanol–water partition coefficient (Wildman–Crippen LogP) is 4.08. The number of pyridine rings is 1. The van der Waals surface area contributed by atoms with Gasteiger partial charge >= 0.3 is 5.97 Å². The number of aryl methyl sites for hydroxylation is 1. The molecule has 0 spiro atoms. The zero-order valence-electron chi connectivity index (χ0n) is 18.4. The number of fused-ring (bicyclic) bond motifs is 1. The van der Waals surface area contributed by atoms with Gasteiger partial charge in [0.1, 0.15) is 5.00 Å². The van der Waals surface area contributed by atoms with Crippen molar-refractivity contribution < 1.29 is 19.1 Å². The van der Waals surface area contributed by atoms with Crippen LogP contribution in [-0.4, -0.2) is 46.4 Å². The molecule has 8 heteroatoms. The number of thiophene rings is 1. The number of carbonyl (C=O) groups excluding carboxylic acids is 3. The van der Waals surface area contributed by atoms with Crippen LogP contribution in [0, 0.1) is 0 Å². The van der Waals surface area contributed by atoms with E-state index in [1.54, 1.807) is 23.2 Å². The van der Waals surface area contributed by atoms with Crippen LogP contribution in [0.1, 0.15) is 71.7 Å².